The molecule has 2 nitrogen and oxygen atoms in total. The molecule has 1 aliphatic heterocycles. The van der Waals surface area contributed by atoms with Gasteiger partial charge in [-0.25, -0.2) is 0 Å². The van der Waals surface area contributed by atoms with Gasteiger partial charge in [-0.05, 0) is 38.1 Å². The van der Waals surface area contributed by atoms with Gasteiger partial charge in [-0.2, -0.15) is 13.2 Å². The third-order valence-electron chi connectivity index (χ3n) is 3.79. The molecule has 1 aliphatic rings. The first kappa shape index (κ1) is 15.3. The Kier molecular flexibility index (Phi) is 5.05. The van der Waals surface area contributed by atoms with E-state index in [-0.39, 0.29) is 0 Å². The number of hydrogen-bond donors (Lipinski definition) is 0. The van der Waals surface area contributed by atoms with Crippen molar-refractivity contribution >= 4 is 0 Å². The van der Waals surface area contributed by atoms with Crippen LogP contribution in [0.3, 0.4) is 0 Å². The molecule has 1 saturated heterocycles. The van der Waals surface area contributed by atoms with E-state index >= 15 is 0 Å². The zero-order chi connectivity index (χ0) is 14.6. The highest BCUT2D eigenvalue weighted by Crippen LogP contribution is 2.29. The van der Waals surface area contributed by atoms with E-state index in [4.69, 9.17) is 0 Å². The molecule has 0 aliphatic carbocycles. The lowest BCUT2D eigenvalue weighted by Gasteiger charge is -2.32. The van der Waals surface area contributed by atoms with Crippen LogP contribution in [0.2, 0.25) is 0 Å². The van der Waals surface area contributed by atoms with E-state index in [2.05, 4.69) is 16.8 Å². The lowest BCUT2D eigenvalue weighted by atomic mass is 10.1. The molecule has 0 atom stereocenters. The summed E-state index contributed by atoms with van der Waals surface area (Å²) in [6.45, 7) is 5.22. The van der Waals surface area contributed by atoms with Crippen molar-refractivity contribution in [2.24, 2.45) is 0 Å². The number of hydrogen-bond acceptors (Lipinski definition) is 2. The maximum absolute atomic E-state index is 12.6. The minimum Gasteiger partial charge on any atom is -0.304 e. The first-order chi connectivity index (χ1) is 9.45. The monoisotopic (exact) mass is 286 g/mol. The van der Waals surface area contributed by atoms with Gasteiger partial charge in [-0.15, -0.1) is 0 Å². The Labute approximate surface area is 118 Å². The molecule has 2 rings (SSSR count). The summed E-state index contributed by atoms with van der Waals surface area (Å²) in [5, 5.41) is 0. The minimum absolute atomic E-state index is 0.547. The van der Waals surface area contributed by atoms with E-state index in [1.165, 1.54) is 12.1 Å². The van der Waals surface area contributed by atoms with Gasteiger partial charge in [-0.3, -0.25) is 0 Å². The third-order valence-corrected chi connectivity index (χ3v) is 3.79. The van der Waals surface area contributed by atoms with E-state index in [9.17, 15) is 13.2 Å². The van der Waals surface area contributed by atoms with Crippen molar-refractivity contribution in [1.82, 2.24) is 9.80 Å². The molecule has 0 amide bonds. The van der Waals surface area contributed by atoms with Crippen molar-refractivity contribution in [3.8, 4) is 0 Å². The van der Waals surface area contributed by atoms with Gasteiger partial charge >= 0.3 is 6.18 Å². The average molecular weight is 286 g/mol. The van der Waals surface area contributed by atoms with Crippen molar-refractivity contribution < 1.29 is 13.2 Å². The highest BCUT2D eigenvalue weighted by atomic mass is 19.4. The van der Waals surface area contributed by atoms with Crippen LogP contribution in [0.25, 0.3) is 0 Å². The fourth-order valence-electron chi connectivity index (χ4n) is 2.48. The molecule has 0 unspecified atom stereocenters. The maximum Gasteiger partial charge on any atom is 0.416 e. The van der Waals surface area contributed by atoms with Gasteiger partial charge in [0.05, 0.1) is 5.56 Å². The Morgan fingerprint density at radius 3 is 2.45 bits per heavy atom. The van der Waals surface area contributed by atoms with E-state index in [1.807, 2.05) is 0 Å². The van der Waals surface area contributed by atoms with Crippen molar-refractivity contribution in [2.75, 3.05) is 39.8 Å². The summed E-state index contributed by atoms with van der Waals surface area (Å²) in [7, 11) is 2.11. The topological polar surface area (TPSA) is 6.48 Å². The summed E-state index contributed by atoms with van der Waals surface area (Å²) < 4.78 is 37.8. The van der Waals surface area contributed by atoms with Crippen LogP contribution < -0.4 is 0 Å². The number of nitrogens with zero attached hydrogens (tertiary/aromatic N) is 2. The molecule has 0 aromatic heterocycles. The molecule has 1 aromatic carbocycles. The molecule has 5 heteroatoms. The number of rotatable bonds is 4. The number of alkyl halides is 3. The average Bonchev–Trinajstić information content (AvgIpc) is 2.40. The van der Waals surface area contributed by atoms with Gasteiger partial charge in [-0.1, -0.05) is 18.2 Å². The smallest absolute Gasteiger partial charge is 0.304 e. The quantitative estimate of drug-likeness (QED) is 0.840. The standard InChI is InChI=1S/C15H21F3N2/c1-19-8-10-20(11-9-19)7-3-5-13-4-2-6-14(12-13)15(16,17)18/h2,4,6,12H,3,5,7-11H2,1H3. The zero-order valence-electron chi connectivity index (χ0n) is 11.8. The first-order valence-electron chi connectivity index (χ1n) is 7.02. The summed E-state index contributed by atoms with van der Waals surface area (Å²) in [6, 6.07) is 5.67. The predicted octanol–water partition coefficient (Wildman–Crippen LogP) is 2.89. The zero-order valence-corrected chi connectivity index (χ0v) is 11.8. The molecule has 1 heterocycles. The second kappa shape index (κ2) is 6.59. The molecule has 0 spiro atoms. The molecular formula is C15H21F3N2. The Morgan fingerprint density at radius 2 is 1.80 bits per heavy atom. The number of halogens is 3. The first-order valence-corrected chi connectivity index (χ1v) is 7.02. The van der Waals surface area contributed by atoms with E-state index in [0.717, 1.165) is 50.8 Å². The van der Waals surface area contributed by atoms with E-state index in [0.29, 0.717) is 6.42 Å². The van der Waals surface area contributed by atoms with Crippen LogP contribution >= 0.6 is 0 Å². The SMILES string of the molecule is CN1CCN(CCCc2cccc(C(F)(F)F)c2)CC1. The van der Waals surface area contributed by atoms with Crippen molar-refractivity contribution in [3.63, 3.8) is 0 Å². The largest absolute Gasteiger partial charge is 0.416 e. The van der Waals surface area contributed by atoms with E-state index in [1.54, 1.807) is 6.07 Å². The van der Waals surface area contributed by atoms with Crippen LogP contribution in [0.4, 0.5) is 13.2 Å². The fraction of sp³-hybridized carbons (Fsp3) is 0.600. The lowest BCUT2D eigenvalue weighted by molar-refractivity contribution is -0.137. The molecule has 0 N–H and O–H groups in total. The molecule has 112 valence electrons. The number of aryl methyl sites for hydroxylation is 1. The number of piperazine rings is 1. The summed E-state index contributed by atoms with van der Waals surface area (Å²) in [6.07, 6.45) is -2.63. The molecule has 1 aromatic rings. The van der Waals surface area contributed by atoms with Gasteiger partial charge in [0, 0.05) is 26.2 Å². The molecule has 20 heavy (non-hydrogen) atoms. The lowest BCUT2D eigenvalue weighted by Crippen LogP contribution is -2.44. The highest BCUT2D eigenvalue weighted by molar-refractivity contribution is 5.25. The van der Waals surface area contributed by atoms with Crippen LogP contribution in [0, 0.1) is 0 Å². The minimum atomic E-state index is -4.24. The normalized spacial score (nSPS) is 18.4. The number of benzene rings is 1. The van der Waals surface area contributed by atoms with Crippen LogP contribution in [0.5, 0.6) is 0 Å². The molecule has 0 saturated carbocycles. The summed E-state index contributed by atoms with van der Waals surface area (Å²) in [4.78, 5) is 4.68. The Balaban J connectivity index is 1.79. The van der Waals surface area contributed by atoms with E-state index < -0.39 is 11.7 Å². The second-order valence-electron chi connectivity index (χ2n) is 5.45. The van der Waals surface area contributed by atoms with Crippen molar-refractivity contribution in [3.05, 3.63) is 35.4 Å². The Hall–Kier alpha value is -1.07. The molecular weight excluding hydrogens is 265 g/mol. The van der Waals surface area contributed by atoms with Crippen LogP contribution in [0.15, 0.2) is 24.3 Å². The summed E-state index contributed by atoms with van der Waals surface area (Å²) in [5.74, 6) is 0. The summed E-state index contributed by atoms with van der Waals surface area (Å²) >= 11 is 0. The van der Waals surface area contributed by atoms with Crippen molar-refractivity contribution in [2.45, 2.75) is 19.0 Å². The fourth-order valence-corrected chi connectivity index (χ4v) is 2.48. The van der Waals surface area contributed by atoms with Crippen molar-refractivity contribution in [1.29, 1.82) is 0 Å². The van der Waals surface area contributed by atoms with Crippen LogP contribution in [-0.4, -0.2) is 49.6 Å². The molecule has 0 radical (unpaired) electrons. The van der Waals surface area contributed by atoms with Gasteiger partial charge in [0.1, 0.15) is 0 Å². The highest BCUT2D eigenvalue weighted by Gasteiger charge is 2.30. The van der Waals surface area contributed by atoms with Crippen LogP contribution in [0.1, 0.15) is 17.5 Å². The summed E-state index contributed by atoms with van der Waals surface area (Å²) in [5.41, 5.74) is 0.226. The van der Waals surface area contributed by atoms with Gasteiger partial charge in [0.25, 0.3) is 0 Å². The molecule has 1 fully saturated rings. The van der Waals surface area contributed by atoms with Gasteiger partial charge < -0.3 is 9.80 Å². The molecule has 0 bridgehead atoms. The van der Waals surface area contributed by atoms with Crippen LogP contribution in [-0.2, 0) is 12.6 Å². The Morgan fingerprint density at radius 1 is 1.10 bits per heavy atom. The third kappa shape index (κ3) is 4.49. The van der Waals surface area contributed by atoms with Gasteiger partial charge in [0.2, 0.25) is 0 Å². The second-order valence-corrected chi connectivity index (χ2v) is 5.45. The Bertz CT molecular complexity index is 423. The number of likely N-dealkylation sites (N-methyl/N-ethyl adjacent to an activating group) is 1. The van der Waals surface area contributed by atoms with Gasteiger partial charge in [0.15, 0.2) is 0 Å². The maximum atomic E-state index is 12.6. The predicted molar refractivity (Wildman–Crippen MR) is 73.7 cm³/mol.